The van der Waals surface area contributed by atoms with Gasteiger partial charge in [0.1, 0.15) is 0 Å². The van der Waals surface area contributed by atoms with Crippen LogP contribution in [0.4, 0.5) is 5.69 Å². The molecule has 0 N–H and O–H groups in total. The normalized spacial score (nSPS) is 10.9. The number of unbranched alkanes of at least 4 members (excludes halogenated alkanes) is 2. The number of hydrogen-bond acceptors (Lipinski definition) is 6. The van der Waals surface area contributed by atoms with E-state index in [1.54, 1.807) is 0 Å². The fraction of sp³-hybridized carbons (Fsp3) is 0.417. The Hall–Kier alpha value is -1.85. The minimum atomic E-state index is -4.06. The molecule has 7 nitrogen and oxygen atoms in total. The molecule has 1 aromatic carbocycles. The van der Waals surface area contributed by atoms with Crippen LogP contribution < -0.4 is 4.74 Å². The maximum atomic E-state index is 11.3. The Labute approximate surface area is 126 Å². The molecular weight excluding hydrogens is 320 g/mol. The van der Waals surface area contributed by atoms with E-state index < -0.39 is 19.7 Å². The third-order valence-corrected chi connectivity index (χ3v) is 4.12. The Bertz CT molecular complexity index is 682. The summed E-state index contributed by atoms with van der Waals surface area (Å²) in [6.45, 7) is 1.68. The number of nitro benzene ring substituents is 1. The van der Waals surface area contributed by atoms with Gasteiger partial charge in [0.15, 0.2) is 5.75 Å². The van der Waals surface area contributed by atoms with Crippen LogP contribution in [0, 0.1) is 28.4 Å². The Morgan fingerprint density at radius 1 is 1.43 bits per heavy atom. The summed E-state index contributed by atoms with van der Waals surface area (Å²) in [5, 5.41) is 19.4. The van der Waals surface area contributed by atoms with Gasteiger partial charge in [-0.3, -0.25) is 10.1 Å². The molecule has 0 aromatic heterocycles. The lowest BCUT2D eigenvalue weighted by Crippen LogP contribution is -2.04. The van der Waals surface area contributed by atoms with Crippen LogP contribution in [-0.2, 0) is 9.05 Å². The first-order valence-corrected chi connectivity index (χ1v) is 8.31. The number of nitrogens with zero attached hydrogens (tertiary/aromatic N) is 2. The van der Waals surface area contributed by atoms with Crippen molar-refractivity contribution in [1.82, 2.24) is 0 Å². The highest BCUT2D eigenvalue weighted by molar-refractivity contribution is 8.13. The predicted octanol–water partition coefficient (Wildman–Crippen LogP) is 2.90. The zero-order chi connectivity index (χ0) is 16.0. The molecule has 9 heteroatoms. The zero-order valence-corrected chi connectivity index (χ0v) is 12.8. The Morgan fingerprint density at radius 2 is 2.10 bits per heavy atom. The summed E-state index contributed by atoms with van der Waals surface area (Å²) in [6, 6.07) is 4.15. The SMILES string of the molecule is Cc1cc(OCCCCC#N)c([N+](=O)[O-])cc1S(=O)(=O)Cl. The van der Waals surface area contributed by atoms with Crippen LogP contribution in [0.2, 0.25) is 0 Å². The van der Waals surface area contributed by atoms with Crippen LogP contribution in [0.5, 0.6) is 5.75 Å². The molecule has 0 atom stereocenters. The minimum absolute atomic E-state index is 0.0153. The van der Waals surface area contributed by atoms with Crippen molar-refractivity contribution in [3.05, 3.63) is 27.8 Å². The van der Waals surface area contributed by atoms with Crippen molar-refractivity contribution in [1.29, 1.82) is 5.26 Å². The van der Waals surface area contributed by atoms with Crippen LogP contribution in [0.1, 0.15) is 24.8 Å². The number of aryl methyl sites for hydroxylation is 1. The average molecular weight is 333 g/mol. The molecule has 0 fully saturated rings. The monoisotopic (exact) mass is 332 g/mol. The molecule has 0 saturated carbocycles. The minimum Gasteiger partial charge on any atom is -0.487 e. The molecule has 0 aliphatic heterocycles. The van der Waals surface area contributed by atoms with Gasteiger partial charge in [0.05, 0.1) is 22.5 Å². The zero-order valence-electron chi connectivity index (χ0n) is 11.2. The fourth-order valence-electron chi connectivity index (χ4n) is 1.66. The average Bonchev–Trinajstić information content (AvgIpc) is 2.36. The number of benzene rings is 1. The lowest BCUT2D eigenvalue weighted by Gasteiger charge is -2.09. The molecule has 1 aromatic rings. The molecule has 0 saturated heterocycles. The molecule has 0 unspecified atom stereocenters. The number of halogens is 1. The largest absolute Gasteiger partial charge is 0.487 e. The first kappa shape index (κ1) is 17.2. The van der Waals surface area contributed by atoms with E-state index in [0.717, 1.165) is 6.07 Å². The van der Waals surface area contributed by atoms with Crippen molar-refractivity contribution in [3.63, 3.8) is 0 Å². The molecule has 0 amide bonds. The lowest BCUT2D eigenvalue weighted by atomic mass is 10.2. The number of hydrogen-bond donors (Lipinski definition) is 0. The Balaban J connectivity index is 3.02. The first-order chi connectivity index (χ1) is 9.77. The molecule has 114 valence electrons. The van der Waals surface area contributed by atoms with E-state index in [4.69, 9.17) is 20.7 Å². The van der Waals surface area contributed by atoms with E-state index in [1.165, 1.54) is 13.0 Å². The van der Waals surface area contributed by atoms with Gasteiger partial charge in [-0.15, -0.1) is 0 Å². The second kappa shape index (κ2) is 7.24. The third kappa shape index (κ3) is 4.88. The van der Waals surface area contributed by atoms with Gasteiger partial charge in [-0.2, -0.15) is 5.26 Å². The van der Waals surface area contributed by atoms with E-state index in [-0.39, 0.29) is 22.8 Å². The van der Waals surface area contributed by atoms with Gasteiger partial charge >= 0.3 is 5.69 Å². The molecule has 0 radical (unpaired) electrons. The van der Waals surface area contributed by atoms with E-state index in [0.29, 0.717) is 19.3 Å². The maximum Gasteiger partial charge on any atom is 0.312 e. The standard InChI is InChI=1S/C12H13ClN2O5S/c1-9-7-11(20-6-4-2-3-5-14)10(15(16)17)8-12(9)21(13,18)19/h7-8H,2-4,6H2,1H3. The summed E-state index contributed by atoms with van der Waals surface area (Å²) >= 11 is 0. The van der Waals surface area contributed by atoms with Crippen LogP contribution in [-0.4, -0.2) is 19.9 Å². The molecule has 21 heavy (non-hydrogen) atoms. The summed E-state index contributed by atoms with van der Waals surface area (Å²) in [5.41, 5.74) is -0.192. The van der Waals surface area contributed by atoms with Crippen LogP contribution in [0.3, 0.4) is 0 Å². The highest BCUT2D eigenvalue weighted by Crippen LogP contribution is 2.33. The molecule has 0 aliphatic rings. The van der Waals surface area contributed by atoms with E-state index in [9.17, 15) is 18.5 Å². The topological polar surface area (TPSA) is 110 Å². The van der Waals surface area contributed by atoms with Crippen molar-refractivity contribution in [2.24, 2.45) is 0 Å². The first-order valence-electron chi connectivity index (χ1n) is 6.01. The van der Waals surface area contributed by atoms with Gasteiger partial charge < -0.3 is 4.74 Å². The van der Waals surface area contributed by atoms with Crippen molar-refractivity contribution >= 4 is 25.4 Å². The fourth-order valence-corrected chi connectivity index (χ4v) is 2.85. The maximum absolute atomic E-state index is 11.3. The summed E-state index contributed by atoms with van der Waals surface area (Å²) in [6.07, 6.45) is 1.57. The number of ether oxygens (including phenoxy) is 1. The van der Waals surface area contributed by atoms with E-state index in [2.05, 4.69) is 0 Å². The molecular formula is C12H13ClN2O5S. The smallest absolute Gasteiger partial charge is 0.312 e. The lowest BCUT2D eigenvalue weighted by molar-refractivity contribution is -0.386. The predicted molar refractivity (Wildman–Crippen MR) is 75.8 cm³/mol. The van der Waals surface area contributed by atoms with Crippen molar-refractivity contribution < 1.29 is 18.1 Å². The van der Waals surface area contributed by atoms with Gasteiger partial charge in [0.25, 0.3) is 9.05 Å². The second-order valence-electron chi connectivity index (χ2n) is 4.24. The van der Waals surface area contributed by atoms with Crippen molar-refractivity contribution in [2.75, 3.05) is 6.61 Å². The number of nitriles is 1. The quantitative estimate of drug-likeness (QED) is 0.328. The molecule has 0 heterocycles. The summed E-state index contributed by atoms with van der Waals surface area (Å²) in [7, 11) is 1.17. The highest BCUT2D eigenvalue weighted by Gasteiger charge is 2.23. The van der Waals surface area contributed by atoms with Crippen LogP contribution >= 0.6 is 10.7 Å². The summed E-state index contributed by atoms with van der Waals surface area (Å²) < 4.78 is 28.0. The number of nitro groups is 1. The number of rotatable bonds is 7. The van der Waals surface area contributed by atoms with E-state index >= 15 is 0 Å². The third-order valence-electron chi connectivity index (χ3n) is 2.66. The van der Waals surface area contributed by atoms with Crippen molar-refractivity contribution in [2.45, 2.75) is 31.1 Å². The Morgan fingerprint density at radius 3 is 2.62 bits per heavy atom. The van der Waals surface area contributed by atoms with E-state index in [1.807, 2.05) is 6.07 Å². The van der Waals surface area contributed by atoms with Gasteiger partial charge in [0.2, 0.25) is 0 Å². The second-order valence-corrected chi connectivity index (χ2v) is 6.78. The molecule has 0 bridgehead atoms. The van der Waals surface area contributed by atoms with Gasteiger partial charge in [-0.05, 0) is 31.4 Å². The molecule has 1 rings (SSSR count). The highest BCUT2D eigenvalue weighted by atomic mass is 35.7. The molecule has 0 aliphatic carbocycles. The molecule has 0 spiro atoms. The van der Waals surface area contributed by atoms with Crippen molar-refractivity contribution in [3.8, 4) is 11.8 Å². The van der Waals surface area contributed by atoms with Gasteiger partial charge in [-0.25, -0.2) is 8.42 Å². The summed E-state index contributed by atoms with van der Waals surface area (Å²) in [4.78, 5) is 9.95. The van der Waals surface area contributed by atoms with Crippen LogP contribution in [0.25, 0.3) is 0 Å². The van der Waals surface area contributed by atoms with Gasteiger partial charge in [0, 0.05) is 23.2 Å². The van der Waals surface area contributed by atoms with Crippen LogP contribution in [0.15, 0.2) is 17.0 Å². The summed E-state index contributed by atoms with van der Waals surface area (Å²) in [5.74, 6) is -0.0153. The Kier molecular flexibility index (Phi) is 5.93. The van der Waals surface area contributed by atoms with Gasteiger partial charge in [-0.1, -0.05) is 0 Å².